The number of allylic oxidation sites excluding steroid dienone is 2. The average molecular weight is 472 g/mol. The van der Waals surface area contributed by atoms with Crippen LogP contribution < -0.4 is 26.5 Å². The molecular weight excluding hydrogens is 445 g/mol. The molecule has 1 saturated heterocycles. The normalized spacial score (nSPS) is 18.8. The minimum Gasteiger partial charge on any atom is -0.327 e. The molecule has 0 radical (unpaired) electrons. The highest BCUT2D eigenvalue weighted by molar-refractivity contribution is 5.80. The Morgan fingerprint density at radius 1 is 1.21 bits per heavy atom. The predicted octanol–water partition coefficient (Wildman–Crippen LogP) is 0.535. The summed E-state index contributed by atoms with van der Waals surface area (Å²) in [6.07, 6.45) is -3.14. The van der Waals surface area contributed by atoms with Crippen LogP contribution in [0.2, 0.25) is 0 Å². The number of hydroxylamine groups is 1. The van der Waals surface area contributed by atoms with Crippen molar-refractivity contribution in [1.29, 1.82) is 0 Å². The number of aromatic nitrogens is 2. The zero-order valence-corrected chi connectivity index (χ0v) is 18.7. The number of alkyl halides is 3. The molecule has 3 heterocycles. The third-order valence-electron chi connectivity index (χ3n) is 5.38. The third-order valence-corrected chi connectivity index (χ3v) is 5.38. The molecule has 3 rings (SSSR count). The van der Waals surface area contributed by atoms with Crippen molar-refractivity contribution in [3.05, 3.63) is 45.1 Å². The number of nitrogens with one attached hydrogen (secondary N) is 1. The Bertz CT molecular complexity index is 1070. The van der Waals surface area contributed by atoms with Crippen LogP contribution in [0.3, 0.4) is 0 Å². The summed E-state index contributed by atoms with van der Waals surface area (Å²) in [5.74, 6) is -2.66. The van der Waals surface area contributed by atoms with Crippen LogP contribution in [-0.2, 0) is 23.2 Å². The minimum absolute atomic E-state index is 0.0324. The van der Waals surface area contributed by atoms with Crippen LogP contribution in [0.4, 0.5) is 24.7 Å². The molecule has 0 bridgehead atoms. The molecule has 0 saturated carbocycles. The van der Waals surface area contributed by atoms with Crippen molar-refractivity contribution in [2.75, 3.05) is 42.7 Å². The maximum Gasteiger partial charge on any atom is 0.493 e. The van der Waals surface area contributed by atoms with Gasteiger partial charge in [0.25, 0.3) is 5.56 Å². The molecule has 0 spiro atoms. The first-order valence-corrected chi connectivity index (χ1v) is 10.4. The summed E-state index contributed by atoms with van der Waals surface area (Å²) in [6.45, 7) is 9.22. The molecule has 1 fully saturated rings. The van der Waals surface area contributed by atoms with Gasteiger partial charge >= 0.3 is 17.8 Å². The van der Waals surface area contributed by atoms with Gasteiger partial charge in [0.2, 0.25) is 0 Å². The average Bonchev–Trinajstić information content (AvgIpc) is 3.07. The molecule has 1 aromatic rings. The summed E-state index contributed by atoms with van der Waals surface area (Å²) in [4.78, 5) is 46.2. The van der Waals surface area contributed by atoms with E-state index in [-0.39, 0.29) is 24.6 Å². The lowest BCUT2D eigenvalue weighted by Crippen LogP contribution is -2.61. The highest BCUT2D eigenvalue weighted by Crippen LogP contribution is 2.38. The Morgan fingerprint density at radius 2 is 1.85 bits per heavy atom. The maximum atomic E-state index is 13.4. The van der Waals surface area contributed by atoms with E-state index in [2.05, 4.69) is 11.9 Å². The van der Waals surface area contributed by atoms with Gasteiger partial charge in [0.05, 0.1) is 0 Å². The van der Waals surface area contributed by atoms with Crippen LogP contribution in [0.1, 0.15) is 13.8 Å². The molecule has 33 heavy (non-hydrogen) atoms. The number of hydrogen-bond donors (Lipinski definition) is 1. The molecule has 0 amide bonds. The Morgan fingerprint density at radius 3 is 2.39 bits per heavy atom. The fraction of sp³-hybridized carbons (Fsp3) is 0.550. The fourth-order valence-electron chi connectivity index (χ4n) is 3.84. The molecule has 182 valence electrons. The summed E-state index contributed by atoms with van der Waals surface area (Å²) in [7, 11) is 1.31. The number of carbonyl (C=O) groups is 1. The first-order valence-electron chi connectivity index (χ1n) is 10.4. The van der Waals surface area contributed by atoms with Crippen molar-refractivity contribution < 1.29 is 22.8 Å². The largest absolute Gasteiger partial charge is 0.493 e. The van der Waals surface area contributed by atoms with Crippen LogP contribution in [0.25, 0.3) is 0 Å². The van der Waals surface area contributed by atoms with E-state index < -0.39 is 29.7 Å². The van der Waals surface area contributed by atoms with Gasteiger partial charge < -0.3 is 15.1 Å². The maximum absolute atomic E-state index is 13.4. The van der Waals surface area contributed by atoms with E-state index >= 15 is 0 Å². The van der Waals surface area contributed by atoms with E-state index in [0.29, 0.717) is 26.2 Å². The van der Waals surface area contributed by atoms with Crippen molar-refractivity contribution >= 4 is 17.5 Å². The van der Waals surface area contributed by atoms with E-state index in [9.17, 15) is 27.6 Å². The van der Waals surface area contributed by atoms with Crippen LogP contribution in [0.5, 0.6) is 0 Å². The predicted molar refractivity (Wildman–Crippen MR) is 116 cm³/mol. The molecule has 1 atom stereocenters. The highest BCUT2D eigenvalue weighted by atomic mass is 19.4. The number of nitrogens with zero attached hydrogens (tertiary/aromatic N) is 5. The van der Waals surface area contributed by atoms with Gasteiger partial charge in [0, 0.05) is 46.3 Å². The van der Waals surface area contributed by atoms with E-state index in [4.69, 9.17) is 4.84 Å². The second-order valence-electron chi connectivity index (χ2n) is 7.99. The van der Waals surface area contributed by atoms with Crippen molar-refractivity contribution in [1.82, 2.24) is 19.4 Å². The Hall–Kier alpha value is -3.06. The Kier molecular flexibility index (Phi) is 7.03. The fourth-order valence-corrected chi connectivity index (χ4v) is 3.84. The van der Waals surface area contributed by atoms with E-state index in [1.54, 1.807) is 15.9 Å². The number of piperazine rings is 1. The number of rotatable bonds is 6. The topological polar surface area (TPSA) is 92.0 Å². The molecule has 0 aliphatic carbocycles. The monoisotopic (exact) mass is 472 g/mol. The molecule has 2 aliphatic rings. The van der Waals surface area contributed by atoms with Crippen molar-refractivity contribution in [2.45, 2.75) is 32.9 Å². The van der Waals surface area contributed by atoms with Crippen molar-refractivity contribution in [3.63, 3.8) is 0 Å². The van der Waals surface area contributed by atoms with Gasteiger partial charge in [-0.25, -0.2) is 9.59 Å². The van der Waals surface area contributed by atoms with Gasteiger partial charge in [-0.2, -0.15) is 13.2 Å². The summed E-state index contributed by atoms with van der Waals surface area (Å²) in [5, 5.41) is 3.88. The Balaban J connectivity index is 2.27. The second-order valence-corrected chi connectivity index (χ2v) is 7.99. The van der Waals surface area contributed by atoms with E-state index in [1.807, 2.05) is 13.8 Å². The molecule has 0 aromatic carbocycles. The van der Waals surface area contributed by atoms with Gasteiger partial charge in [0.1, 0.15) is 0 Å². The number of anilines is 2. The lowest BCUT2D eigenvalue weighted by atomic mass is 10.3. The van der Waals surface area contributed by atoms with Gasteiger partial charge in [0.15, 0.2) is 17.8 Å². The summed E-state index contributed by atoms with van der Waals surface area (Å²) in [6, 6.07) is 0. The third kappa shape index (κ3) is 4.69. The van der Waals surface area contributed by atoms with Gasteiger partial charge in [-0.15, -0.1) is 11.6 Å². The zero-order valence-electron chi connectivity index (χ0n) is 18.7. The highest BCUT2D eigenvalue weighted by Gasteiger charge is 2.50. The first-order chi connectivity index (χ1) is 15.5. The number of halogens is 3. The van der Waals surface area contributed by atoms with Gasteiger partial charge in [-0.05, 0) is 13.8 Å². The minimum atomic E-state index is -5.27. The molecule has 1 aromatic heterocycles. The molecule has 10 nitrogen and oxygen atoms in total. The number of hydrogen-bond acceptors (Lipinski definition) is 8. The number of fused-ring (bicyclic) bond motifs is 1. The van der Waals surface area contributed by atoms with Crippen LogP contribution in [0.15, 0.2) is 33.9 Å². The smallest absolute Gasteiger partial charge is 0.327 e. The van der Waals surface area contributed by atoms with Crippen LogP contribution in [0, 0.1) is 0 Å². The van der Waals surface area contributed by atoms with Crippen LogP contribution in [-0.4, -0.2) is 65.2 Å². The van der Waals surface area contributed by atoms with Crippen molar-refractivity contribution in [3.8, 4) is 0 Å². The quantitative estimate of drug-likeness (QED) is 0.600. The molecular formula is C20H27F3N6O4. The summed E-state index contributed by atoms with van der Waals surface area (Å²) < 4.78 is 41.3. The van der Waals surface area contributed by atoms with Gasteiger partial charge in [-0.1, -0.05) is 17.7 Å². The zero-order chi connectivity index (χ0) is 24.5. The van der Waals surface area contributed by atoms with E-state index in [1.165, 1.54) is 13.1 Å². The lowest BCUT2D eigenvalue weighted by Gasteiger charge is -2.40. The van der Waals surface area contributed by atoms with Crippen molar-refractivity contribution in [2.24, 2.45) is 7.05 Å². The van der Waals surface area contributed by atoms with E-state index in [0.717, 1.165) is 19.8 Å². The number of carbonyl (C=O) groups excluding carboxylic acids is 1. The van der Waals surface area contributed by atoms with Gasteiger partial charge in [-0.3, -0.25) is 18.8 Å². The molecule has 1 unspecified atom stereocenters. The second kappa shape index (κ2) is 9.43. The SMILES string of the molecule is C=CCn1c(=O)c2c(n(C)c1=O)N(OC(=O)C(F)(F)F)C(N1CCNCC1)N2CC=C(C)C. The molecule has 13 heteroatoms. The molecule has 1 N–H and O–H groups in total. The first kappa shape index (κ1) is 24.6. The molecule has 2 aliphatic heterocycles. The van der Waals surface area contributed by atoms with Crippen LogP contribution >= 0.6 is 0 Å². The summed E-state index contributed by atoms with van der Waals surface area (Å²) >= 11 is 0. The standard InChI is InChI=1S/C20H27F3N6O4/c1-5-9-28-16(30)14-15(25(4)19(28)32)29(33-17(31)20(21,22)23)18(26-11-7-24-8-12-26)27(14)10-6-13(2)3/h5-6,18,24H,1,7-12H2,2-4H3. The Labute approximate surface area is 188 Å². The lowest BCUT2D eigenvalue weighted by molar-refractivity contribution is -0.203. The summed E-state index contributed by atoms with van der Waals surface area (Å²) in [5.41, 5.74) is -0.594.